The van der Waals surface area contributed by atoms with Gasteiger partial charge in [0, 0.05) is 6.21 Å². The molecule has 5 heteroatoms. The first-order valence-corrected chi connectivity index (χ1v) is 7.06. The molecule has 4 nitrogen and oxygen atoms in total. The number of methoxy groups -OCH3 is 1. The molecule has 2 aromatic rings. The molecule has 0 bridgehead atoms. The van der Waals surface area contributed by atoms with Crippen molar-refractivity contribution in [2.75, 3.05) is 7.11 Å². The van der Waals surface area contributed by atoms with Crippen LogP contribution in [-0.2, 0) is 10.0 Å². The van der Waals surface area contributed by atoms with Crippen LogP contribution in [0.4, 0.5) is 0 Å². The van der Waals surface area contributed by atoms with Crippen LogP contribution in [-0.4, -0.2) is 21.7 Å². The first-order valence-electron chi connectivity index (χ1n) is 5.62. The molecule has 0 aromatic heterocycles. The topological polar surface area (TPSA) is 55.7 Å². The fourth-order valence-corrected chi connectivity index (χ4v) is 2.59. The van der Waals surface area contributed by atoms with Gasteiger partial charge >= 0.3 is 0 Å². The summed E-state index contributed by atoms with van der Waals surface area (Å²) in [5.74, 6) is 0.285. The van der Waals surface area contributed by atoms with E-state index in [0.29, 0.717) is 0 Å². The van der Waals surface area contributed by atoms with Gasteiger partial charge in [0.15, 0.2) is 0 Å². The Morgan fingerprint density at radius 3 is 2.32 bits per heavy atom. The molecule has 0 saturated carbocycles. The lowest BCUT2D eigenvalue weighted by atomic mass is 10.2. The van der Waals surface area contributed by atoms with Crippen LogP contribution in [0.5, 0.6) is 5.75 Å². The molecule has 19 heavy (non-hydrogen) atoms. The van der Waals surface area contributed by atoms with Crippen LogP contribution >= 0.6 is 0 Å². The summed E-state index contributed by atoms with van der Waals surface area (Å²) in [7, 11) is -2.33. The maximum absolute atomic E-state index is 12.1. The van der Waals surface area contributed by atoms with E-state index in [9.17, 15) is 8.42 Å². The van der Waals surface area contributed by atoms with E-state index in [1.54, 1.807) is 30.3 Å². The first kappa shape index (κ1) is 13.3. The molecular weight excluding hydrogens is 262 g/mol. The second kappa shape index (κ2) is 5.67. The molecule has 0 aliphatic rings. The fraction of sp³-hybridized carbons (Fsp3) is 0.0714. The standard InChI is InChI=1S/C14H13NO3S/c1-18-13-9-5-6-10-14(13)19(16,17)15-11-12-7-3-2-4-8-12/h2-11H,1H3/b15-11+. The van der Waals surface area contributed by atoms with Crippen molar-refractivity contribution in [3.8, 4) is 5.75 Å². The van der Waals surface area contributed by atoms with Crippen LogP contribution in [0.1, 0.15) is 5.56 Å². The molecule has 0 saturated heterocycles. The Labute approximate surface area is 112 Å². The lowest BCUT2D eigenvalue weighted by Gasteiger charge is -2.05. The van der Waals surface area contributed by atoms with Gasteiger partial charge in [-0.2, -0.15) is 12.8 Å². The Hall–Kier alpha value is -2.14. The number of hydrogen-bond acceptors (Lipinski definition) is 3. The third-order valence-electron chi connectivity index (χ3n) is 2.49. The molecule has 0 aliphatic heterocycles. The second-order valence-corrected chi connectivity index (χ2v) is 5.37. The highest BCUT2D eigenvalue weighted by Gasteiger charge is 2.16. The van der Waals surface area contributed by atoms with E-state index in [-0.39, 0.29) is 10.6 Å². The van der Waals surface area contributed by atoms with Gasteiger partial charge in [-0.3, -0.25) is 0 Å². The van der Waals surface area contributed by atoms with Crippen LogP contribution in [0.2, 0.25) is 0 Å². The highest BCUT2D eigenvalue weighted by Crippen LogP contribution is 2.24. The molecule has 0 radical (unpaired) electrons. The van der Waals surface area contributed by atoms with E-state index in [4.69, 9.17) is 4.74 Å². The third kappa shape index (κ3) is 3.20. The van der Waals surface area contributed by atoms with Gasteiger partial charge in [0.05, 0.1) is 7.11 Å². The monoisotopic (exact) mass is 275 g/mol. The molecule has 0 amide bonds. The molecule has 0 spiro atoms. The summed E-state index contributed by atoms with van der Waals surface area (Å²) < 4.78 is 32.9. The van der Waals surface area contributed by atoms with Crippen LogP contribution in [0, 0.1) is 0 Å². The normalized spacial score (nSPS) is 11.6. The number of ether oxygens (including phenoxy) is 1. The molecule has 0 heterocycles. The first-order chi connectivity index (χ1) is 9.13. The van der Waals surface area contributed by atoms with Crippen molar-refractivity contribution >= 4 is 16.2 Å². The summed E-state index contributed by atoms with van der Waals surface area (Å²) in [5, 5.41) is 0. The number of para-hydroxylation sites is 1. The number of nitrogens with zero attached hydrogens (tertiary/aromatic N) is 1. The zero-order valence-corrected chi connectivity index (χ0v) is 11.2. The maximum atomic E-state index is 12.1. The quantitative estimate of drug-likeness (QED) is 0.806. The average Bonchev–Trinajstić information content (AvgIpc) is 2.46. The van der Waals surface area contributed by atoms with Crippen LogP contribution in [0.25, 0.3) is 0 Å². The zero-order valence-electron chi connectivity index (χ0n) is 10.4. The summed E-state index contributed by atoms with van der Waals surface area (Å²) in [6.07, 6.45) is 1.32. The molecule has 0 aliphatic carbocycles. The molecule has 98 valence electrons. The van der Waals surface area contributed by atoms with Gasteiger partial charge in [0.1, 0.15) is 10.6 Å². The molecule has 0 unspecified atom stereocenters. The van der Waals surface area contributed by atoms with Crippen molar-refractivity contribution in [3.63, 3.8) is 0 Å². The van der Waals surface area contributed by atoms with Crippen molar-refractivity contribution < 1.29 is 13.2 Å². The van der Waals surface area contributed by atoms with Crippen LogP contribution in [0.15, 0.2) is 63.9 Å². The highest BCUT2D eigenvalue weighted by atomic mass is 32.2. The Bertz CT molecular complexity index is 679. The van der Waals surface area contributed by atoms with Gasteiger partial charge in [0.2, 0.25) is 0 Å². The minimum absolute atomic E-state index is 0.0599. The van der Waals surface area contributed by atoms with Crippen molar-refractivity contribution in [1.82, 2.24) is 0 Å². The summed E-state index contributed by atoms with van der Waals surface area (Å²) in [4.78, 5) is 0.0599. The van der Waals surface area contributed by atoms with Crippen molar-refractivity contribution in [2.45, 2.75) is 4.90 Å². The number of rotatable bonds is 4. The van der Waals surface area contributed by atoms with Crippen LogP contribution in [0.3, 0.4) is 0 Å². The minimum atomic E-state index is -3.76. The summed E-state index contributed by atoms with van der Waals surface area (Å²) >= 11 is 0. The van der Waals surface area contributed by atoms with E-state index in [2.05, 4.69) is 4.40 Å². The average molecular weight is 275 g/mol. The maximum Gasteiger partial charge on any atom is 0.285 e. The SMILES string of the molecule is COc1ccccc1S(=O)(=O)/N=C/c1ccccc1. The van der Waals surface area contributed by atoms with Gasteiger partial charge in [-0.1, -0.05) is 42.5 Å². The smallest absolute Gasteiger partial charge is 0.285 e. The molecule has 0 fully saturated rings. The number of sulfonamides is 1. The number of benzene rings is 2. The third-order valence-corrected chi connectivity index (χ3v) is 3.76. The summed E-state index contributed by atoms with van der Waals surface area (Å²) in [6.45, 7) is 0. The predicted octanol–water partition coefficient (Wildman–Crippen LogP) is 2.50. The van der Waals surface area contributed by atoms with E-state index >= 15 is 0 Å². The summed E-state index contributed by atoms with van der Waals surface area (Å²) in [6, 6.07) is 15.4. The van der Waals surface area contributed by atoms with E-state index in [1.165, 1.54) is 19.4 Å². The second-order valence-electron chi connectivity index (χ2n) is 3.77. The zero-order chi connectivity index (χ0) is 13.7. The Balaban J connectivity index is 2.36. The molecule has 0 N–H and O–H groups in total. The van der Waals surface area contributed by atoms with Crippen molar-refractivity contribution in [3.05, 3.63) is 60.2 Å². The lowest BCUT2D eigenvalue weighted by molar-refractivity contribution is 0.403. The molecule has 2 aromatic carbocycles. The van der Waals surface area contributed by atoms with E-state index in [0.717, 1.165) is 5.56 Å². The lowest BCUT2D eigenvalue weighted by Crippen LogP contribution is -2.00. The molecule has 0 atom stereocenters. The van der Waals surface area contributed by atoms with Crippen molar-refractivity contribution in [1.29, 1.82) is 0 Å². The van der Waals surface area contributed by atoms with Gasteiger partial charge < -0.3 is 4.74 Å². The Kier molecular flexibility index (Phi) is 3.97. The van der Waals surface area contributed by atoms with E-state index in [1.807, 2.05) is 18.2 Å². The Morgan fingerprint density at radius 2 is 1.63 bits per heavy atom. The van der Waals surface area contributed by atoms with E-state index < -0.39 is 10.0 Å². The molecule has 2 rings (SSSR count). The highest BCUT2D eigenvalue weighted by molar-refractivity contribution is 7.90. The fourth-order valence-electron chi connectivity index (χ4n) is 1.56. The largest absolute Gasteiger partial charge is 0.495 e. The van der Waals surface area contributed by atoms with Crippen molar-refractivity contribution in [2.24, 2.45) is 4.40 Å². The van der Waals surface area contributed by atoms with Gasteiger partial charge in [-0.25, -0.2) is 0 Å². The van der Waals surface area contributed by atoms with Gasteiger partial charge in [-0.15, -0.1) is 0 Å². The van der Waals surface area contributed by atoms with Crippen LogP contribution < -0.4 is 4.74 Å². The predicted molar refractivity (Wildman–Crippen MR) is 74.2 cm³/mol. The van der Waals surface area contributed by atoms with Gasteiger partial charge in [0.25, 0.3) is 10.0 Å². The minimum Gasteiger partial charge on any atom is -0.495 e. The van der Waals surface area contributed by atoms with Gasteiger partial charge in [-0.05, 0) is 17.7 Å². The summed E-state index contributed by atoms with van der Waals surface area (Å²) in [5.41, 5.74) is 0.723. The number of hydrogen-bond donors (Lipinski definition) is 0. The Morgan fingerprint density at radius 1 is 1.00 bits per heavy atom. The molecular formula is C14H13NO3S.